The molecule has 0 radical (unpaired) electrons. The Hall–Kier alpha value is -1.99. The van der Waals surface area contributed by atoms with Gasteiger partial charge in [-0.1, -0.05) is 6.07 Å². The first-order valence-corrected chi connectivity index (χ1v) is 7.02. The summed E-state index contributed by atoms with van der Waals surface area (Å²) in [5, 5.41) is 3.20. The van der Waals surface area contributed by atoms with Gasteiger partial charge < -0.3 is 14.8 Å². The maximum Gasteiger partial charge on any atom is 0.257 e. The summed E-state index contributed by atoms with van der Waals surface area (Å²) in [7, 11) is 1.84. The molecule has 0 aliphatic carbocycles. The molecule has 124 valence electrons. The topological polar surface area (TPSA) is 50.2 Å². The van der Waals surface area contributed by atoms with E-state index in [0.717, 1.165) is 6.07 Å². The Morgan fingerprint density at radius 2 is 2.17 bits per heavy atom. The molecule has 1 aliphatic rings. The lowest BCUT2D eigenvalue weighted by Gasteiger charge is -2.35. The summed E-state index contributed by atoms with van der Waals surface area (Å²) in [5.74, 6) is -1.94. The fourth-order valence-electron chi connectivity index (χ4n) is 2.70. The molecule has 1 fully saturated rings. The number of piperazine rings is 1. The Balaban J connectivity index is 0.00000192. The van der Waals surface area contributed by atoms with Gasteiger partial charge in [0, 0.05) is 39.1 Å². The van der Waals surface area contributed by atoms with Crippen molar-refractivity contribution in [3.05, 3.63) is 53.6 Å². The van der Waals surface area contributed by atoms with Crippen LogP contribution in [0.15, 0.2) is 30.6 Å². The highest BCUT2D eigenvalue weighted by Gasteiger charge is 2.32. The van der Waals surface area contributed by atoms with Crippen molar-refractivity contribution in [3.63, 3.8) is 0 Å². The van der Waals surface area contributed by atoms with Gasteiger partial charge in [0.25, 0.3) is 5.91 Å². The summed E-state index contributed by atoms with van der Waals surface area (Å²) >= 11 is 0. The summed E-state index contributed by atoms with van der Waals surface area (Å²) in [6.45, 7) is 1.53. The second kappa shape index (κ2) is 7.06. The molecule has 1 aromatic heterocycles. The van der Waals surface area contributed by atoms with E-state index in [1.54, 1.807) is 12.4 Å². The highest BCUT2D eigenvalue weighted by Crippen LogP contribution is 2.24. The fraction of sp³-hybridized carbons (Fsp3) is 0.333. The highest BCUT2D eigenvalue weighted by atomic mass is 35.5. The molecule has 1 atom stereocenters. The Kier molecular flexibility index (Phi) is 5.33. The zero-order chi connectivity index (χ0) is 15.7. The number of carbonyl (C=O) groups is 1. The van der Waals surface area contributed by atoms with Crippen molar-refractivity contribution in [2.45, 2.75) is 6.04 Å². The number of aryl methyl sites for hydroxylation is 1. The third-order valence-electron chi connectivity index (χ3n) is 3.84. The summed E-state index contributed by atoms with van der Waals surface area (Å²) < 4.78 is 29.1. The molecular weight excluding hydrogens is 326 g/mol. The van der Waals surface area contributed by atoms with Gasteiger partial charge in [0.2, 0.25) is 0 Å². The zero-order valence-corrected chi connectivity index (χ0v) is 13.3. The number of carbonyl (C=O) groups excluding carboxylic acids is 1. The fourth-order valence-corrected chi connectivity index (χ4v) is 2.70. The van der Waals surface area contributed by atoms with Gasteiger partial charge in [-0.25, -0.2) is 13.8 Å². The highest BCUT2D eigenvalue weighted by molar-refractivity contribution is 5.94. The lowest BCUT2D eigenvalue weighted by Crippen LogP contribution is -2.49. The molecule has 1 saturated heterocycles. The molecule has 1 unspecified atom stereocenters. The molecule has 0 spiro atoms. The van der Waals surface area contributed by atoms with E-state index >= 15 is 0 Å². The number of nitrogens with one attached hydrogen (secondary N) is 1. The van der Waals surface area contributed by atoms with Gasteiger partial charge >= 0.3 is 0 Å². The molecule has 5 nitrogen and oxygen atoms in total. The van der Waals surface area contributed by atoms with Gasteiger partial charge in [0.05, 0.1) is 5.56 Å². The molecule has 0 bridgehead atoms. The van der Waals surface area contributed by atoms with Gasteiger partial charge in [0.1, 0.15) is 11.9 Å². The van der Waals surface area contributed by atoms with Crippen LogP contribution in [-0.2, 0) is 7.05 Å². The minimum absolute atomic E-state index is 0. The number of hydrogen-bond donors (Lipinski definition) is 1. The van der Waals surface area contributed by atoms with Crippen LogP contribution in [0.2, 0.25) is 0 Å². The molecule has 1 N–H and O–H groups in total. The van der Waals surface area contributed by atoms with Crippen LogP contribution in [0.3, 0.4) is 0 Å². The Morgan fingerprint density at radius 3 is 2.87 bits per heavy atom. The number of aromatic nitrogens is 2. The lowest BCUT2D eigenvalue weighted by atomic mass is 10.1. The van der Waals surface area contributed by atoms with Gasteiger partial charge in [-0.2, -0.15) is 0 Å². The van der Waals surface area contributed by atoms with Crippen LogP contribution in [-0.4, -0.2) is 40.0 Å². The molecule has 3 rings (SSSR count). The SMILES string of the molecule is Cl.Cn1ccnc1C1CNCCN1C(=O)c1cccc(F)c1F. The van der Waals surface area contributed by atoms with Crippen LogP contribution in [0.5, 0.6) is 0 Å². The van der Waals surface area contributed by atoms with E-state index < -0.39 is 17.5 Å². The van der Waals surface area contributed by atoms with Crippen LogP contribution in [0.1, 0.15) is 22.2 Å². The van der Waals surface area contributed by atoms with Crippen molar-refractivity contribution in [1.29, 1.82) is 0 Å². The largest absolute Gasteiger partial charge is 0.336 e. The molecule has 8 heteroatoms. The summed E-state index contributed by atoms with van der Waals surface area (Å²) in [4.78, 5) is 18.4. The maximum absolute atomic E-state index is 13.9. The lowest BCUT2D eigenvalue weighted by molar-refractivity contribution is 0.0615. The van der Waals surface area contributed by atoms with E-state index in [2.05, 4.69) is 10.3 Å². The predicted molar refractivity (Wildman–Crippen MR) is 83.5 cm³/mol. The Morgan fingerprint density at radius 1 is 1.39 bits per heavy atom. The molecule has 1 aliphatic heterocycles. The number of nitrogens with zero attached hydrogens (tertiary/aromatic N) is 3. The first kappa shape index (κ1) is 17.4. The average molecular weight is 343 g/mol. The maximum atomic E-state index is 13.9. The minimum atomic E-state index is -1.11. The minimum Gasteiger partial charge on any atom is -0.336 e. The quantitative estimate of drug-likeness (QED) is 0.907. The first-order valence-electron chi connectivity index (χ1n) is 7.02. The van der Waals surface area contributed by atoms with E-state index in [1.165, 1.54) is 17.0 Å². The van der Waals surface area contributed by atoms with Gasteiger partial charge in [0.15, 0.2) is 11.6 Å². The third kappa shape index (κ3) is 3.20. The van der Waals surface area contributed by atoms with Crippen LogP contribution in [0.25, 0.3) is 0 Å². The number of halogens is 3. The van der Waals surface area contributed by atoms with Crippen LogP contribution >= 0.6 is 12.4 Å². The summed E-state index contributed by atoms with van der Waals surface area (Å²) in [6.07, 6.45) is 3.44. The molecule has 0 saturated carbocycles. The standard InChI is InChI=1S/C15H16F2N4O.ClH/c1-20-7-6-19-14(20)12-9-18-5-8-21(12)15(22)10-3-2-4-11(16)13(10)17;/h2-4,6-7,12,18H,5,8-9H2,1H3;1H. The van der Waals surface area contributed by atoms with Gasteiger partial charge in [-0.05, 0) is 12.1 Å². The van der Waals surface area contributed by atoms with Crippen LogP contribution < -0.4 is 5.32 Å². The van der Waals surface area contributed by atoms with E-state index in [1.807, 2.05) is 11.6 Å². The molecule has 2 aromatic rings. The van der Waals surface area contributed by atoms with Crippen molar-refractivity contribution in [2.75, 3.05) is 19.6 Å². The number of benzene rings is 1. The van der Waals surface area contributed by atoms with Crippen molar-refractivity contribution in [3.8, 4) is 0 Å². The molecule has 1 amide bonds. The van der Waals surface area contributed by atoms with Crippen molar-refractivity contribution >= 4 is 18.3 Å². The molecule has 1 aromatic carbocycles. The normalized spacial score (nSPS) is 17.7. The van der Waals surface area contributed by atoms with Crippen molar-refractivity contribution in [1.82, 2.24) is 19.8 Å². The predicted octanol–water partition coefficient (Wildman–Crippen LogP) is 1.91. The van der Waals surface area contributed by atoms with Crippen LogP contribution in [0, 0.1) is 11.6 Å². The third-order valence-corrected chi connectivity index (χ3v) is 3.84. The second-order valence-electron chi connectivity index (χ2n) is 5.22. The number of rotatable bonds is 2. The van der Waals surface area contributed by atoms with E-state index in [4.69, 9.17) is 0 Å². The monoisotopic (exact) mass is 342 g/mol. The summed E-state index contributed by atoms with van der Waals surface area (Å²) in [6, 6.07) is 3.33. The average Bonchev–Trinajstić information content (AvgIpc) is 2.95. The second-order valence-corrected chi connectivity index (χ2v) is 5.22. The van der Waals surface area contributed by atoms with E-state index in [-0.39, 0.29) is 24.0 Å². The van der Waals surface area contributed by atoms with E-state index in [9.17, 15) is 13.6 Å². The van der Waals surface area contributed by atoms with Crippen LogP contribution in [0.4, 0.5) is 8.78 Å². The smallest absolute Gasteiger partial charge is 0.257 e. The zero-order valence-electron chi connectivity index (χ0n) is 12.5. The Bertz CT molecular complexity index is 707. The molecule has 23 heavy (non-hydrogen) atoms. The first-order chi connectivity index (χ1) is 10.6. The summed E-state index contributed by atoms with van der Waals surface area (Å²) in [5.41, 5.74) is -0.249. The van der Waals surface area contributed by atoms with E-state index in [0.29, 0.717) is 25.5 Å². The van der Waals surface area contributed by atoms with Crippen molar-refractivity contribution in [2.24, 2.45) is 7.05 Å². The number of imidazole rings is 1. The Labute approximate surface area is 138 Å². The molecular formula is C15H17ClF2N4O. The molecule has 2 heterocycles. The van der Waals surface area contributed by atoms with Gasteiger partial charge in [-0.15, -0.1) is 12.4 Å². The number of hydrogen-bond acceptors (Lipinski definition) is 3. The van der Waals surface area contributed by atoms with Gasteiger partial charge in [-0.3, -0.25) is 4.79 Å². The number of amides is 1. The van der Waals surface area contributed by atoms with Crippen molar-refractivity contribution < 1.29 is 13.6 Å².